The highest BCUT2D eigenvalue weighted by molar-refractivity contribution is 5.96. The maximum Gasteiger partial charge on any atom is 0.293 e. The maximum atomic E-state index is 13.9. The average molecular weight is 555 g/mol. The third-order valence-corrected chi connectivity index (χ3v) is 7.72. The number of rotatable bonds is 10. The van der Waals surface area contributed by atoms with E-state index in [1.54, 1.807) is 22.2 Å². The van der Waals surface area contributed by atoms with Crippen LogP contribution in [0.25, 0.3) is 0 Å². The number of nitrogens with zero attached hydrogens (tertiary/aromatic N) is 3. The molecule has 0 bridgehead atoms. The molecule has 0 saturated heterocycles. The van der Waals surface area contributed by atoms with Crippen molar-refractivity contribution in [1.82, 2.24) is 10.4 Å². The Labute approximate surface area is 239 Å². The van der Waals surface area contributed by atoms with Crippen molar-refractivity contribution in [1.29, 1.82) is 0 Å². The predicted molar refractivity (Wildman–Crippen MR) is 156 cm³/mol. The zero-order chi connectivity index (χ0) is 28.6. The Morgan fingerprint density at radius 1 is 0.927 bits per heavy atom. The van der Waals surface area contributed by atoms with Gasteiger partial charge in [-0.3, -0.25) is 24.5 Å². The zero-order valence-corrected chi connectivity index (χ0v) is 22.9. The first-order valence-electron chi connectivity index (χ1n) is 14.0. The Morgan fingerprint density at radius 3 is 2.29 bits per heavy atom. The van der Waals surface area contributed by atoms with Crippen LogP contribution in [0.15, 0.2) is 91.3 Å². The molecular formula is C32H34N4O5. The number of benzene rings is 3. The Kier molecular flexibility index (Phi) is 9.05. The number of nitro groups is 1. The molecule has 9 heteroatoms. The molecule has 0 unspecified atom stereocenters. The first-order chi connectivity index (χ1) is 20.0. The summed E-state index contributed by atoms with van der Waals surface area (Å²) in [5, 5.41) is 12.2. The fourth-order valence-electron chi connectivity index (χ4n) is 5.56. The Bertz CT molecular complexity index is 1390. The van der Waals surface area contributed by atoms with Crippen molar-refractivity contribution >= 4 is 23.2 Å². The van der Waals surface area contributed by atoms with Gasteiger partial charge in [0, 0.05) is 37.0 Å². The SMILES string of the molecule is O=C(NOCc1ccccc1)c1ccc(N2C=CN(CC3CCCCC3)C(=O)[C@@H]2Cc2ccccc2)c([N+](=O)[O-])c1. The molecule has 0 spiro atoms. The van der Waals surface area contributed by atoms with Crippen molar-refractivity contribution in [2.75, 3.05) is 11.4 Å². The normalized spacial score (nSPS) is 17.5. The smallest absolute Gasteiger partial charge is 0.293 e. The highest BCUT2D eigenvalue weighted by Crippen LogP contribution is 2.35. The van der Waals surface area contributed by atoms with Crippen molar-refractivity contribution in [2.45, 2.75) is 51.2 Å². The lowest BCUT2D eigenvalue weighted by atomic mass is 9.88. The minimum atomic E-state index is -0.668. The van der Waals surface area contributed by atoms with E-state index < -0.39 is 16.9 Å². The van der Waals surface area contributed by atoms with Gasteiger partial charge in [0.2, 0.25) is 5.91 Å². The lowest BCUT2D eigenvalue weighted by Gasteiger charge is -2.38. The van der Waals surface area contributed by atoms with Gasteiger partial charge in [-0.1, -0.05) is 79.9 Å². The molecule has 1 heterocycles. The molecule has 9 nitrogen and oxygen atoms in total. The fourth-order valence-corrected chi connectivity index (χ4v) is 5.56. The molecule has 1 fully saturated rings. The summed E-state index contributed by atoms with van der Waals surface area (Å²) in [6.45, 7) is 0.810. The number of nitrogens with one attached hydrogen (secondary N) is 1. The summed E-state index contributed by atoms with van der Waals surface area (Å²) in [5.41, 5.74) is 4.25. The van der Waals surface area contributed by atoms with E-state index in [4.69, 9.17) is 4.84 Å². The largest absolute Gasteiger partial charge is 0.328 e. The number of anilines is 1. The number of hydroxylamine groups is 1. The molecule has 1 saturated carbocycles. The van der Waals surface area contributed by atoms with E-state index in [1.807, 2.05) is 60.7 Å². The fraction of sp³-hybridized carbons (Fsp3) is 0.312. The molecule has 1 N–H and O–H groups in total. The number of carbonyl (C=O) groups is 2. The van der Waals surface area contributed by atoms with Crippen LogP contribution in [-0.2, 0) is 22.7 Å². The molecule has 5 rings (SSSR count). The molecule has 1 aliphatic heterocycles. The van der Waals surface area contributed by atoms with Gasteiger partial charge >= 0.3 is 0 Å². The average Bonchev–Trinajstić information content (AvgIpc) is 3.00. The van der Waals surface area contributed by atoms with Crippen molar-refractivity contribution in [2.24, 2.45) is 5.92 Å². The van der Waals surface area contributed by atoms with E-state index in [0.717, 1.165) is 24.0 Å². The van der Waals surface area contributed by atoms with Gasteiger partial charge < -0.3 is 9.80 Å². The van der Waals surface area contributed by atoms with Gasteiger partial charge in [-0.15, -0.1) is 0 Å². The Balaban J connectivity index is 1.38. The second-order valence-electron chi connectivity index (χ2n) is 10.6. The summed E-state index contributed by atoms with van der Waals surface area (Å²) in [7, 11) is 0. The van der Waals surface area contributed by atoms with Gasteiger partial charge in [-0.05, 0) is 42.0 Å². The lowest BCUT2D eigenvalue weighted by Crippen LogP contribution is -2.51. The standard InChI is InChI=1S/C32H34N4O5/c37-31(33-41-23-26-14-8-3-9-15-26)27-16-17-28(29(21-27)36(39)40)35-19-18-34(22-25-12-6-2-7-13-25)32(38)30(35)20-24-10-4-1-5-11-24/h1,3-5,8-11,14-19,21,25,30H,2,6-7,12-13,20,22-23H2,(H,33,37)/t30-/m0/s1. The summed E-state index contributed by atoms with van der Waals surface area (Å²) in [5.74, 6) is -0.231. The molecule has 0 radical (unpaired) electrons. The van der Waals surface area contributed by atoms with E-state index in [9.17, 15) is 19.7 Å². The molecule has 212 valence electrons. The summed E-state index contributed by atoms with van der Waals surface area (Å²) < 4.78 is 0. The molecule has 1 aliphatic carbocycles. The van der Waals surface area contributed by atoms with Crippen LogP contribution >= 0.6 is 0 Å². The van der Waals surface area contributed by atoms with Crippen LogP contribution in [-0.4, -0.2) is 34.2 Å². The summed E-state index contributed by atoms with van der Waals surface area (Å²) in [4.78, 5) is 47.0. The minimum Gasteiger partial charge on any atom is -0.328 e. The molecule has 0 aromatic heterocycles. The number of carbonyl (C=O) groups excluding carboxylic acids is 2. The first-order valence-corrected chi connectivity index (χ1v) is 14.0. The van der Waals surface area contributed by atoms with E-state index in [0.29, 0.717) is 18.9 Å². The van der Waals surface area contributed by atoms with Crippen LogP contribution in [0.4, 0.5) is 11.4 Å². The second kappa shape index (κ2) is 13.2. The van der Waals surface area contributed by atoms with E-state index >= 15 is 0 Å². The second-order valence-corrected chi connectivity index (χ2v) is 10.6. The van der Waals surface area contributed by atoms with Crippen molar-refractivity contribution in [3.05, 3.63) is 118 Å². The highest BCUT2D eigenvalue weighted by atomic mass is 16.7. The van der Waals surface area contributed by atoms with Crippen LogP contribution in [0.3, 0.4) is 0 Å². The predicted octanol–water partition coefficient (Wildman–Crippen LogP) is 5.77. The van der Waals surface area contributed by atoms with Crippen LogP contribution in [0.5, 0.6) is 0 Å². The van der Waals surface area contributed by atoms with Gasteiger partial charge in [0.15, 0.2) is 0 Å². The summed E-state index contributed by atoms with van der Waals surface area (Å²) in [6.07, 6.45) is 9.69. The van der Waals surface area contributed by atoms with Crippen molar-refractivity contribution in [3.8, 4) is 0 Å². The molecule has 3 aromatic rings. The van der Waals surface area contributed by atoms with Crippen LogP contribution < -0.4 is 10.4 Å². The number of hydrogen-bond donors (Lipinski definition) is 1. The topological polar surface area (TPSA) is 105 Å². The van der Waals surface area contributed by atoms with Crippen molar-refractivity contribution < 1.29 is 19.3 Å². The van der Waals surface area contributed by atoms with Crippen molar-refractivity contribution in [3.63, 3.8) is 0 Å². The van der Waals surface area contributed by atoms with Gasteiger partial charge in [0.25, 0.3) is 11.6 Å². The zero-order valence-electron chi connectivity index (χ0n) is 22.9. The van der Waals surface area contributed by atoms with Crippen LogP contribution in [0.2, 0.25) is 0 Å². The first kappa shape index (κ1) is 28.0. The van der Waals surface area contributed by atoms with Crippen LogP contribution in [0, 0.1) is 16.0 Å². The molecule has 2 aliphatic rings. The summed E-state index contributed by atoms with van der Waals surface area (Å²) in [6, 6.07) is 22.6. The van der Waals surface area contributed by atoms with Crippen LogP contribution in [0.1, 0.15) is 53.6 Å². The van der Waals surface area contributed by atoms with Gasteiger partial charge in [0.05, 0.1) is 11.5 Å². The maximum absolute atomic E-state index is 13.9. The Morgan fingerprint density at radius 2 is 1.61 bits per heavy atom. The van der Waals surface area contributed by atoms with Gasteiger partial charge in [-0.2, -0.15) is 0 Å². The summed E-state index contributed by atoms with van der Waals surface area (Å²) >= 11 is 0. The van der Waals surface area contributed by atoms with Gasteiger partial charge in [-0.25, -0.2) is 5.48 Å². The van der Waals surface area contributed by atoms with E-state index in [-0.39, 0.29) is 29.5 Å². The highest BCUT2D eigenvalue weighted by Gasteiger charge is 2.36. The molecule has 2 amide bonds. The third kappa shape index (κ3) is 6.99. The number of amides is 2. The number of nitro benzene ring substituents is 1. The molecule has 1 atom stereocenters. The van der Waals surface area contributed by atoms with E-state index in [1.165, 1.54) is 37.5 Å². The molecular weight excluding hydrogens is 520 g/mol. The Hall–Kier alpha value is -4.50. The third-order valence-electron chi connectivity index (χ3n) is 7.72. The van der Waals surface area contributed by atoms with E-state index in [2.05, 4.69) is 5.48 Å². The van der Waals surface area contributed by atoms with Gasteiger partial charge in [0.1, 0.15) is 11.7 Å². The molecule has 41 heavy (non-hydrogen) atoms. The quantitative estimate of drug-likeness (QED) is 0.252. The lowest BCUT2D eigenvalue weighted by molar-refractivity contribution is -0.384. The monoisotopic (exact) mass is 554 g/mol. The molecule has 3 aromatic carbocycles. The number of hydrogen-bond acceptors (Lipinski definition) is 6. The minimum absolute atomic E-state index is 0.0827.